The van der Waals surface area contributed by atoms with Crippen LogP contribution in [0.2, 0.25) is 0 Å². The normalized spacial score (nSPS) is 18.7. The number of carbonyl (C=O) groups excluding carboxylic acids is 1. The molecule has 34 heavy (non-hydrogen) atoms. The third-order valence-electron chi connectivity index (χ3n) is 5.61. The summed E-state index contributed by atoms with van der Waals surface area (Å²) >= 11 is 0. The van der Waals surface area contributed by atoms with Gasteiger partial charge in [-0.3, -0.25) is 5.10 Å². The maximum atomic E-state index is 12.3. The molecule has 2 atom stereocenters. The number of nitrogen functional groups attached to an aromatic ring is 2. The lowest BCUT2D eigenvalue weighted by molar-refractivity contribution is 0.0495. The minimum Gasteiger partial charge on any atom is -0.496 e. The second-order valence-electron chi connectivity index (χ2n) is 9.77. The predicted octanol–water partition coefficient (Wildman–Crippen LogP) is 2.93. The van der Waals surface area contributed by atoms with Crippen LogP contribution in [0.15, 0.2) is 18.2 Å². The van der Waals surface area contributed by atoms with Gasteiger partial charge in [-0.05, 0) is 45.2 Å². The topological polar surface area (TPSA) is 157 Å². The lowest BCUT2D eigenvalue weighted by Gasteiger charge is -2.37. The largest absolute Gasteiger partial charge is 0.496 e. The minimum absolute atomic E-state index is 0.0809. The number of alkyl carbamates (subject to hydrolysis) is 1. The number of nitrogens with one attached hydrogen (secondary N) is 2. The highest BCUT2D eigenvalue weighted by atomic mass is 16.6. The number of ether oxygens (including phenoxy) is 2. The van der Waals surface area contributed by atoms with Crippen molar-refractivity contribution in [3.05, 3.63) is 18.2 Å². The van der Waals surface area contributed by atoms with Gasteiger partial charge >= 0.3 is 6.09 Å². The fraction of sp³-hybridized carbons (Fsp3) is 0.478. The number of benzene rings is 1. The van der Waals surface area contributed by atoms with E-state index in [4.69, 9.17) is 20.9 Å². The van der Waals surface area contributed by atoms with Gasteiger partial charge in [0.2, 0.25) is 5.95 Å². The van der Waals surface area contributed by atoms with E-state index in [2.05, 4.69) is 37.3 Å². The Morgan fingerprint density at radius 3 is 2.68 bits per heavy atom. The number of methoxy groups -OCH3 is 1. The summed E-state index contributed by atoms with van der Waals surface area (Å²) in [6.45, 7) is 9.04. The van der Waals surface area contributed by atoms with Crippen LogP contribution in [0, 0.1) is 5.92 Å². The molecular formula is C23H32N8O3. The van der Waals surface area contributed by atoms with Gasteiger partial charge in [0.15, 0.2) is 5.82 Å². The molecule has 1 aromatic carbocycles. The van der Waals surface area contributed by atoms with Crippen LogP contribution < -0.4 is 26.4 Å². The summed E-state index contributed by atoms with van der Waals surface area (Å²) < 4.78 is 11.0. The van der Waals surface area contributed by atoms with Gasteiger partial charge < -0.3 is 31.2 Å². The third-order valence-corrected chi connectivity index (χ3v) is 5.61. The van der Waals surface area contributed by atoms with Gasteiger partial charge in [-0.2, -0.15) is 10.1 Å². The van der Waals surface area contributed by atoms with Crippen molar-refractivity contribution < 1.29 is 14.3 Å². The van der Waals surface area contributed by atoms with E-state index < -0.39 is 11.7 Å². The third kappa shape index (κ3) is 5.08. The molecule has 1 amide bonds. The van der Waals surface area contributed by atoms with Crippen LogP contribution in [0.25, 0.3) is 22.2 Å². The molecule has 11 nitrogen and oxygen atoms in total. The van der Waals surface area contributed by atoms with E-state index in [9.17, 15) is 4.79 Å². The molecule has 0 aliphatic carbocycles. The van der Waals surface area contributed by atoms with Gasteiger partial charge in [-0.1, -0.05) is 6.92 Å². The molecule has 1 aliphatic heterocycles. The maximum Gasteiger partial charge on any atom is 0.407 e. The van der Waals surface area contributed by atoms with Crippen LogP contribution in [0.5, 0.6) is 5.75 Å². The number of nitrogens with two attached hydrogens (primary N) is 2. The average molecular weight is 469 g/mol. The zero-order valence-electron chi connectivity index (χ0n) is 20.2. The van der Waals surface area contributed by atoms with E-state index in [1.165, 1.54) is 0 Å². The van der Waals surface area contributed by atoms with Crippen molar-refractivity contribution in [2.45, 2.75) is 45.8 Å². The van der Waals surface area contributed by atoms with Gasteiger partial charge in [-0.15, -0.1) is 0 Å². The van der Waals surface area contributed by atoms with Gasteiger partial charge in [0.25, 0.3) is 0 Å². The van der Waals surface area contributed by atoms with E-state index >= 15 is 0 Å². The predicted molar refractivity (Wildman–Crippen MR) is 132 cm³/mol. The van der Waals surface area contributed by atoms with Crippen LogP contribution in [-0.2, 0) is 4.74 Å². The first-order chi connectivity index (χ1) is 16.0. The first-order valence-corrected chi connectivity index (χ1v) is 11.2. The fourth-order valence-corrected chi connectivity index (χ4v) is 4.33. The number of aromatic nitrogens is 4. The van der Waals surface area contributed by atoms with E-state index in [1.54, 1.807) is 7.11 Å². The Morgan fingerprint density at radius 1 is 1.21 bits per heavy atom. The van der Waals surface area contributed by atoms with Crippen molar-refractivity contribution in [3.63, 3.8) is 0 Å². The number of carbonyl (C=O) groups is 1. The smallest absolute Gasteiger partial charge is 0.407 e. The lowest BCUT2D eigenvalue weighted by atomic mass is 9.96. The first kappa shape index (κ1) is 23.4. The lowest BCUT2D eigenvalue weighted by Crippen LogP contribution is -2.51. The van der Waals surface area contributed by atoms with Gasteiger partial charge in [0.05, 0.1) is 29.7 Å². The van der Waals surface area contributed by atoms with Crippen molar-refractivity contribution in [1.29, 1.82) is 0 Å². The molecule has 1 fully saturated rings. The minimum atomic E-state index is -0.554. The zero-order chi connectivity index (χ0) is 24.6. The standard InChI is InChI=1S/C23H32N8O3/c1-12-6-14(26-22(32)34-23(2,3)4)11-31(10-12)18-9-15(27-21(25)28-18)13-7-16-19(17(8-13)33-5)20(24)30-29-16/h7-9,12,14H,6,10-11H2,1-5H3,(H,26,32)(H3,24,29,30)(H2,25,27,28)/t12-,14-/m1/s1. The fourth-order valence-electron chi connectivity index (χ4n) is 4.33. The highest BCUT2D eigenvalue weighted by Gasteiger charge is 2.29. The number of H-pyrrole nitrogens is 1. The van der Waals surface area contributed by atoms with E-state index in [1.807, 2.05) is 39.0 Å². The molecule has 6 N–H and O–H groups in total. The van der Waals surface area contributed by atoms with Crippen LogP contribution in [0.4, 0.5) is 22.4 Å². The second kappa shape index (κ2) is 8.88. The molecule has 11 heteroatoms. The van der Waals surface area contributed by atoms with E-state index in [0.29, 0.717) is 35.5 Å². The maximum absolute atomic E-state index is 12.3. The van der Waals surface area contributed by atoms with Gasteiger partial charge in [0, 0.05) is 24.7 Å². The summed E-state index contributed by atoms with van der Waals surface area (Å²) in [6.07, 6.45) is 0.423. The molecule has 0 radical (unpaired) electrons. The Balaban J connectivity index is 1.62. The first-order valence-electron chi connectivity index (χ1n) is 11.2. The van der Waals surface area contributed by atoms with Crippen molar-refractivity contribution in [2.75, 3.05) is 36.6 Å². The number of hydrogen-bond acceptors (Lipinski definition) is 9. The quantitative estimate of drug-likeness (QED) is 0.452. The molecule has 4 rings (SSSR count). The number of nitrogens with zero attached hydrogens (tertiary/aromatic N) is 4. The van der Waals surface area contributed by atoms with Crippen LogP contribution >= 0.6 is 0 Å². The summed E-state index contributed by atoms with van der Waals surface area (Å²) in [4.78, 5) is 23.3. The summed E-state index contributed by atoms with van der Waals surface area (Å²) in [6, 6.07) is 5.56. The number of anilines is 3. The van der Waals surface area contributed by atoms with Gasteiger partial charge in [-0.25, -0.2) is 9.78 Å². The molecule has 0 spiro atoms. The number of piperidine rings is 1. The summed E-state index contributed by atoms with van der Waals surface area (Å²) in [7, 11) is 1.58. The van der Waals surface area contributed by atoms with Crippen LogP contribution in [-0.4, -0.2) is 58.1 Å². The molecule has 0 saturated carbocycles. The SMILES string of the molecule is COc1cc(-c2cc(N3C[C@H](C)C[C@@H](NC(=O)OC(C)(C)C)C3)nc(N)n2)cc2[nH]nc(N)c12. The molecule has 2 aromatic heterocycles. The number of aromatic amines is 1. The summed E-state index contributed by atoms with van der Waals surface area (Å²) in [5, 5.41) is 10.7. The highest BCUT2D eigenvalue weighted by molar-refractivity contribution is 5.97. The Labute approximate surface area is 198 Å². The second-order valence-corrected chi connectivity index (χ2v) is 9.77. The molecule has 1 saturated heterocycles. The molecule has 182 valence electrons. The Hall–Kier alpha value is -3.76. The highest BCUT2D eigenvalue weighted by Crippen LogP contribution is 2.35. The zero-order valence-corrected chi connectivity index (χ0v) is 20.2. The van der Waals surface area contributed by atoms with Crippen molar-refractivity contribution >= 4 is 34.6 Å². The monoisotopic (exact) mass is 468 g/mol. The van der Waals surface area contributed by atoms with Crippen molar-refractivity contribution in [1.82, 2.24) is 25.5 Å². The van der Waals surface area contributed by atoms with E-state index in [0.717, 1.165) is 29.4 Å². The Kier molecular flexibility index (Phi) is 6.11. The van der Waals surface area contributed by atoms with Crippen molar-refractivity contribution in [2.24, 2.45) is 5.92 Å². The van der Waals surface area contributed by atoms with E-state index in [-0.39, 0.29) is 12.0 Å². The molecular weight excluding hydrogens is 436 g/mol. The molecule has 3 heterocycles. The average Bonchev–Trinajstić information content (AvgIpc) is 3.11. The van der Waals surface area contributed by atoms with Crippen LogP contribution in [0.1, 0.15) is 34.1 Å². The number of hydrogen-bond donors (Lipinski definition) is 4. The molecule has 3 aromatic rings. The number of rotatable bonds is 4. The number of amides is 1. The molecule has 1 aliphatic rings. The molecule has 0 bridgehead atoms. The number of fused-ring (bicyclic) bond motifs is 1. The van der Waals surface area contributed by atoms with Gasteiger partial charge in [0.1, 0.15) is 17.2 Å². The summed E-state index contributed by atoms with van der Waals surface area (Å²) in [5.74, 6) is 2.13. The van der Waals surface area contributed by atoms with Crippen molar-refractivity contribution in [3.8, 4) is 17.0 Å². The Bertz CT molecular complexity index is 1200. The van der Waals surface area contributed by atoms with Crippen LogP contribution in [0.3, 0.4) is 0 Å². The Morgan fingerprint density at radius 2 is 1.97 bits per heavy atom. The summed E-state index contributed by atoms with van der Waals surface area (Å²) in [5.41, 5.74) is 13.7. The molecule has 0 unspecified atom stereocenters.